The zero-order valence-electron chi connectivity index (χ0n) is 9.67. The quantitative estimate of drug-likeness (QED) is 0.839. The van der Waals surface area contributed by atoms with Crippen LogP contribution in [-0.4, -0.2) is 26.4 Å². The SMILES string of the molecule is CC(C)CC(CN)c1nnc2cccnn12. The minimum Gasteiger partial charge on any atom is -0.330 e. The summed E-state index contributed by atoms with van der Waals surface area (Å²) in [6, 6.07) is 3.75. The molecule has 0 amide bonds. The number of rotatable bonds is 4. The Morgan fingerprint density at radius 2 is 2.19 bits per heavy atom. The fourth-order valence-corrected chi connectivity index (χ4v) is 1.89. The summed E-state index contributed by atoms with van der Waals surface area (Å²) >= 11 is 0. The van der Waals surface area contributed by atoms with Gasteiger partial charge in [-0.05, 0) is 24.5 Å². The van der Waals surface area contributed by atoms with Gasteiger partial charge in [0.1, 0.15) is 0 Å². The Morgan fingerprint density at radius 1 is 1.38 bits per heavy atom. The van der Waals surface area contributed by atoms with E-state index in [9.17, 15) is 0 Å². The first-order chi connectivity index (χ1) is 7.72. The van der Waals surface area contributed by atoms with E-state index < -0.39 is 0 Å². The molecule has 2 N–H and O–H groups in total. The predicted octanol–water partition coefficient (Wildman–Crippen LogP) is 1.21. The highest BCUT2D eigenvalue weighted by atomic mass is 15.4. The van der Waals surface area contributed by atoms with E-state index in [0.717, 1.165) is 17.9 Å². The molecular weight excluding hydrogens is 202 g/mol. The van der Waals surface area contributed by atoms with Gasteiger partial charge in [-0.25, -0.2) is 0 Å². The van der Waals surface area contributed by atoms with Gasteiger partial charge < -0.3 is 5.73 Å². The van der Waals surface area contributed by atoms with E-state index in [0.29, 0.717) is 12.5 Å². The number of aromatic nitrogens is 4. The van der Waals surface area contributed by atoms with Crippen molar-refractivity contribution in [1.82, 2.24) is 19.8 Å². The van der Waals surface area contributed by atoms with Crippen molar-refractivity contribution < 1.29 is 0 Å². The number of fused-ring (bicyclic) bond motifs is 1. The van der Waals surface area contributed by atoms with Gasteiger partial charge in [0, 0.05) is 18.7 Å². The van der Waals surface area contributed by atoms with Gasteiger partial charge in [0.2, 0.25) is 0 Å². The van der Waals surface area contributed by atoms with Crippen LogP contribution in [0.4, 0.5) is 0 Å². The van der Waals surface area contributed by atoms with E-state index in [-0.39, 0.29) is 5.92 Å². The van der Waals surface area contributed by atoms with E-state index in [1.54, 1.807) is 10.7 Å². The first-order valence-corrected chi connectivity index (χ1v) is 5.58. The monoisotopic (exact) mass is 219 g/mol. The molecule has 16 heavy (non-hydrogen) atoms. The highest BCUT2D eigenvalue weighted by Gasteiger charge is 2.18. The van der Waals surface area contributed by atoms with Crippen molar-refractivity contribution in [3.05, 3.63) is 24.2 Å². The number of hydrogen-bond donors (Lipinski definition) is 1. The predicted molar refractivity (Wildman–Crippen MR) is 62.0 cm³/mol. The molecule has 5 nitrogen and oxygen atoms in total. The van der Waals surface area contributed by atoms with Gasteiger partial charge in [0.05, 0.1) is 0 Å². The smallest absolute Gasteiger partial charge is 0.177 e. The third-order valence-electron chi connectivity index (χ3n) is 2.61. The van der Waals surface area contributed by atoms with Crippen LogP contribution in [0.3, 0.4) is 0 Å². The average molecular weight is 219 g/mol. The minimum absolute atomic E-state index is 0.227. The normalized spacial score (nSPS) is 13.5. The van der Waals surface area contributed by atoms with Crippen molar-refractivity contribution in [2.75, 3.05) is 6.54 Å². The molecule has 0 aliphatic carbocycles. The maximum atomic E-state index is 5.79. The highest BCUT2D eigenvalue weighted by Crippen LogP contribution is 2.20. The van der Waals surface area contributed by atoms with E-state index >= 15 is 0 Å². The topological polar surface area (TPSA) is 69.1 Å². The number of nitrogens with two attached hydrogens (primary N) is 1. The summed E-state index contributed by atoms with van der Waals surface area (Å²) in [4.78, 5) is 0. The van der Waals surface area contributed by atoms with E-state index in [4.69, 9.17) is 5.73 Å². The first kappa shape index (κ1) is 11.0. The summed E-state index contributed by atoms with van der Waals surface area (Å²) in [6.45, 7) is 4.94. The average Bonchev–Trinajstić information content (AvgIpc) is 2.69. The van der Waals surface area contributed by atoms with Crippen LogP contribution >= 0.6 is 0 Å². The molecule has 86 valence electrons. The molecule has 0 bridgehead atoms. The second kappa shape index (κ2) is 4.57. The van der Waals surface area contributed by atoms with Crippen LogP contribution in [-0.2, 0) is 0 Å². The Bertz CT molecular complexity index is 462. The molecule has 0 spiro atoms. The second-order valence-corrected chi connectivity index (χ2v) is 4.41. The summed E-state index contributed by atoms with van der Waals surface area (Å²) < 4.78 is 1.78. The largest absolute Gasteiger partial charge is 0.330 e. The zero-order chi connectivity index (χ0) is 11.5. The van der Waals surface area contributed by atoms with Crippen molar-refractivity contribution in [3.8, 4) is 0 Å². The van der Waals surface area contributed by atoms with Crippen molar-refractivity contribution in [1.29, 1.82) is 0 Å². The van der Waals surface area contributed by atoms with Crippen molar-refractivity contribution >= 4 is 5.65 Å². The fraction of sp³-hybridized carbons (Fsp3) is 0.545. The van der Waals surface area contributed by atoms with Crippen LogP contribution in [0.25, 0.3) is 5.65 Å². The fourth-order valence-electron chi connectivity index (χ4n) is 1.89. The maximum absolute atomic E-state index is 5.79. The molecule has 2 aromatic heterocycles. The molecular formula is C11H17N5. The van der Waals surface area contributed by atoms with Crippen LogP contribution in [0, 0.1) is 5.92 Å². The molecule has 2 rings (SSSR count). The van der Waals surface area contributed by atoms with Crippen LogP contribution in [0.5, 0.6) is 0 Å². The summed E-state index contributed by atoms with van der Waals surface area (Å²) in [5, 5.41) is 12.5. The van der Waals surface area contributed by atoms with Crippen LogP contribution in [0.2, 0.25) is 0 Å². The zero-order valence-corrected chi connectivity index (χ0v) is 9.67. The Labute approximate surface area is 94.7 Å². The lowest BCUT2D eigenvalue weighted by Crippen LogP contribution is -2.18. The Kier molecular flexibility index (Phi) is 3.14. The molecule has 0 fully saturated rings. The number of hydrogen-bond acceptors (Lipinski definition) is 4. The van der Waals surface area contributed by atoms with Gasteiger partial charge >= 0.3 is 0 Å². The lowest BCUT2D eigenvalue weighted by molar-refractivity contribution is 0.480. The molecule has 0 aromatic carbocycles. The summed E-state index contributed by atoms with van der Waals surface area (Å²) in [7, 11) is 0. The van der Waals surface area contributed by atoms with Gasteiger partial charge in [-0.2, -0.15) is 9.61 Å². The molecule has 5 heteroatoms. The molecule has 0 saturated carbocycles. The van der Waals surface area contributed by atoms with E-state index in [1.807, 2.05) is 12.1 Å². The summed E-state index contributed by atoms with van der Waals surface area (Å²) in [6.07, 6.45) is 2.75. The highest BCUT2D eigenvalue weighted by molar-refractivity contribution is 5.35. The second-order valence-electron chi connectivity index (χ2n) is 4.41. The lowest BCUT2D eigenvalue weighted by atomic mass is 9.97. The van der Waals surface area contributed by atoms with Gasteiger partial charge in [-0.3, -0.25) is 0 Å². The third kappa shape index (κ3) is 2.04. The van der Waals surface area contributed by atoms with Gasteiger partial charge in [-0.15, -0.1) is 10.2 Å². The third-order valence-corrected chi connectivity index (χ3v) is 2.61. The number of nitrogens with zero attached hydrogens (tertiary/aromatic N) is 4. The molecule has 2 heterocycles. The summed E-state index contributed by atoms with van der Waals surface area (Å²) in [5.74, 6) is 1.68. The van der Waals surface area contributed by atoms with Crippen molar-refractivity contribution in [2.24, 2.45) is 11.7 Å². The van der Waals surface area contributed by atoms with Gasteiger partial charge in [0.25, 0.3) is 0 Å². The maximum Gasteiger partial charge on any atom is 0.177 e. The molecule has 0 saturated heterocycles. The Balaban J connectivity index is 2.37. The van der Waals surface area contributed by atoms with E-state index in [1.165, 1.54) is 0 Å². The van der Waals surface area contributed by atoms with Crippen LogP contribution in [0.15, 0.2) is 18.3 Å². The first-order valence-electron chi connectivity index (χ1n) is 5.58. The minimum atomic E-state index is 0.227. The van der Waals surface area contributed by atoms with E-state index in [2.05, 4.69) is 29.1 Å². The lowest BCUT2D eigenvalue weighted by Gasteiger charge is -2.14. The van der Waals surface area contributed by atoms with Crippen molar-refractivity contribution in [3.63, 3.8) is 0 Å². The summed E-state index contributed by atoms with van der Waals surface area (Å²) in [5.41, 5.74) is 6.57. The molecule has 1 atom stereocenters. The van der Waals surface area contributed by atoms with Crippen molar-refractivity contribution in [2.45, 2.75) is 26.2 Å². The standard InChI is InChI=1S/C11H17N5/c1-8(2)6-9(7-12)11-15-14-10-4-3-5-13-16(10)11/h3-5,8-9H,6-7,12H2,1-2H3. The van der Waals surface area contributed by atoms with Gasteiger partial charge in [0.15, 0.2) is 11.5 Å². The Hall–Kier alpha value is -1.49. The van der Waals surface area contributed by atoms with Crippen LogP contribution < -0.4 is 5.73 Å². The molecule has 0 aliphatic rings. The molecule has 0 radical (unpaired) electrons. The van der Waals surface area contributed by atoms with Gasteiger partial charge in [-0.1, -0.05) is 13.8 Å². The molecule has 0 aliphatic heterocycles. The van der Waals surface area contributed by atoms with Crippen LogP contribution in [0.1, 0.15) is 32.0 Å². The molecule has 1 unspecified atom stereocenters. The Morgan fingerprint density at radius 3 is 2.88 bits per heavy atom. The molecule has 2 aromatic rings.